The second-order valence-corrected chi connectivity index (χ2v) is 4.68. The van der Waals surface area contributed by atoms with Gasteiger partial charge in [0.25, 0.3) is 5.92 Å². The Morgan fingerprint density at radius 2 is 2.16 bits per heavy atom. The van der Waals surface area contributed by atoms with Crippen LogP contribution in [0.2, 0.25) is 0 Å². The lowest BCUT2D eigenvalue weighted by molar-refractivity contribution is 0.0239. The molecule has 3 N–H and O–H groups in total. The van der Waals surface area contributed by atoms with E-state index >= 15 is 0 Å². The van der Waals surface area contributed by atoms with E-state index < -0.39 is 18.5 Å². The molecule has 0 spiro atoms. The third-order valence-corrected chi connectivity index (χ3v) is 2.84. The van der Waals surface area contributed by atoms with E-state index in [2.05, 4.69) is 15.3 Å². The standard InChI is InChI=1S/C11H15F2N5O/c1-6-7-3-18(4-8(7)17-9(14)16-6)10(19)15-5-11(2,12)13/h3-5H2,1-2H3,(H,15,19)(H2,14,16,17). The van der Waals surface area contributed by atoms with Gasteiger partial charge in [-0.2, -0.15) is 0 Å². The summed E-state index contributed by atoms with van der Waals surface area (Å²) in [4.78, 5) is 21.2. The van der Waals surface area contributed by atoms with Crippen molar-refractivity contribution in [2.45, 2.75) is 32.9 Å². The molecule has 0 saturated carbocycles. The fourth-order valence-electron chi connectivity index (χ4n) is 1.93. The van der Waals surface area contributed by atoms with Crippen LogP contribution in [0.25, 0.3) is 0 Å². The molecule has 0 radical (unpaired) electrons. The van der Waals surface area contributed by atoms with Gasteiger partial charge in [0.1, 0.15) is 0 Å². The molecular weight excluding hydrogens is 256 g/mol. The molecule has 1 aliphatic rings. The van der Waals surface area contributed by atoms with E-state index in [0.717, 1.165) is 12.5 Å². The second-order valence-electron chi connectivity index (χ2n) is 4.68. The first kappa shape index (κ1) is 13.4. The van der Waals surface area contributed by atoms with Gasteiger partial charge >= 0.3 is 6.03 Å². The zero-order chi connectivity index (χ0) is 14.2. The summed E-state index contributed by atoms with van der Waals surface area (Å²) in [7, 11) is 0. The van der Waals surface area contributed by atoms with Crippen molar-refractivity contribution >= 4 is 12.0 Å². The lowest BCUT2D eigenvalue weighted by Gasteiger charge is -2.18. The molecule has 0 fully saturated rings. The Hall–Kier alpha value is -1.99. The summed E-state index contributed by atoms with van der Waals surface area (Å²) in [6.07, 6.45) is 0. The number of fused-ring (bicyclic) bond motifs is 1. The van der Waals surface area contributed by atoms with Crippen molar-refractivity contribution in [3.8, 4) is 0 Å². The Morgan fingerprint density at radius 3 is 2.79 bits per heavy atom. The first-order valence-electron chi connectivity index (χ1n) is 5.79. The lowest BCUT2D eigenvalue weighted by Crippen LogP contribution is -2.41. The number of anilines is 1. The van der Waals surface area contributed by atoms with Crippen molar-refractivity contribution in [1.82, 2.24) is 20.2 Å². The summed E-state index contributed by atoms with van der Waals surface area (Å²) in [5.41, 5.74) is 7.73. The average molecular weight is 271 g/mol. The highest BCUT2D eigenvalue weighted by Crippen LogP contribution is 2.23. The molecule has 0 aliphatic carbocycles. The molecular formula is C11H15F2N5O. The van der Waals surface area contributed by atoms with Gasteiger partial charge < -0.3 is 16.0 Å². The van der Waals surface area contributed by atoms with Crippen LogP contribution < -0.4 is 11.1 Å². The maximum absolute atomic E-state index is 12.7. The molecule has 2 rings (SSSR count). The number of hydrogen-bond donors (Lipinski definition) is 2. The van der Waals surface area contributed by atoms with E-state index in [0.29, 0.717) is 17.9 Å². The predicted octanol–water partition coefficient (Wildman–Crippen LogP) is 1.05. The minimum Gasteiger partial charge on any atom is -0.368 e. The second kappa shape index (κ2) is 4.60. The smallest absolute Gasteiger partial charge is 0.318 e. The van der Waals surface area contributed by atoms with Crippen molar-refractivity contribution in [3.05, 3.63) is 17.0 Å². The van der Waals surface area contributed by atoms with E-state index in [9.17, 15) is 13.6 Å². The molecule has 0 atom stereocenters. The summed E-state index contributed by atoms with van der Waals surface area (Å²) in [5.74, 6) is -2.78. The molecule has 0 unspecified atom stereocenters. The van der Waals surface area contributed by atoms with Gasteiger partial charge in [-0.1, -0.05) is 0 Å². The molecule has 1 aromatic rings. The SMILES string of the molecule is Cc1nc(N)nc2c1CN(C(=O)NCC(C)(F)F)C2. The normalized spacial score (nSPS) is 14.4. The van der Waals surface area contributed by atoms with Crippen LogP contribution in [0.1, 0.15) is 23.9 Å². The van der Waals surface area contributed by atoms with Crippen molar-refractivity contribution < 1.29 is 13.6 Å². The van der Waals surface area contributed by atoms with Gasteiger partial charge in [-0.25, -0.2) is 23.5 Å². The molecule has 6 nitrogen and oxygen atoms in total. The van der Waals surface area contributed by atoms with E-state index in [1.54, 1.807) is 6.92 Å². The minimum absolute atomic E-state index is 0.151. The van der Waals surface area contributed by atoms with Crippen LogP contribution in [0.5, 0.6) is 0 Å². The Balaban J connectivity index is 2.04. The van der Waals surface area contributed by atoms with Crippen LogP contribution >= 0.6 is 0 Å². The van der Waals surface area contributed by atoms with Crippen molar-refractivity contribution in [1.29, 1.82) is 0 Å². The molecule has 0 aromatic carbocycles. The van der Waals surface area contributed by atoms with Crippen LogP contribution in [0.3, 0.4) is 0 Å². The third-order valence-electron chi connectivity index (χ3n) is 2.84. The summed E-state index contributed by atoms with van der Waals surface area (Å²) in [6, 6.07) is -0.544. The largest absolute Gasteiger partial charge is 0.368 e. The number of nitrogen functional groups attached to an aromatic ring is 1. The van der Waals surface area contributed by atoms with Crippen molar-refractivity contribution in [2.75, 3.05) is 12.3 Å². The molecule has 19 heavy (non-hydrogen) atoms. The van der Waals surface area contributed by atoms with Crippen molar-refractivity contribution in [2.24, 2.45) is 0 Å². The number of aryl methyl sites for hydroxylation is 1. The molecule has 0 saturated heterocycles. The quantitative estimate of drug-likeness (QED) is 0.842. The van der Waals surface area contributed by atoms with Crippen LogP contribution in [0.15, 0.2) is 0 Å². The minimum atomic E-state index is -2.93. The number of amides is 2. The molecule has 2 amide bonds. The average Bonchev–Trinajstić information content (AvgIpc) is 2.68. The van der Waals surface area contributed by atoms with E-state index in [-0.39, 0.29) is 12.5 Å². The van der Waals surface area contributed by atoms with Gasteiger partial charge in [0.15, 0.2) is 0 Å². The summed E-state index contributed by atoms with van der Waals surface area (Å²) in [6.45, 7) is 2.40. The Bertz CT molecular complexity index is 515. The number of carbonyl (C=O) groups is 1. The van der Waals surface area contributed by atoms with Gasteiger partial charge in [0, 0.05) is 18.2 Å². The Morgan fingerprint density at radius 1 is 1.47 bits per heavy atom. The predicted molar refractivity (Wildman–Crippen MR) is 64.4 cm³/mol. The lowest BCUT2D eigenvalue weighted by atomic mass is 10.2. The van der Waals surface area contributed by atoms with Gasteiger partial charge in [-0.15, -0.1) is 0 Å². The Labute approximate surface area is 109 Å². The fourth-order valence-corrected chi connectivity index (χ4v) is 1.93. The van der Waals surface area contributed by atoms with Crippen LogP contribution in [0.4, 0.5) is 19.5 Å². The monoisotopic (exact) mass is 271 g/mol. The van der Waals surface area contributed by atoms with E-state index in [4.69, 9.17) is 5.73 Å². The zero-order valence-corrected chi connectivity index (χ0v) is 10.7. The highest BCUT2D eigenvalue weighted by atomic mass is 19.3. The molecule has 104 valence electrons. The fraction of sp³-hybridized carbons (Fsp3) is 0.545. The zero-order valence-electron chi connectivity index (χ0n) is 10.7. The number of halogens is 2. The van der Waals surface area contributed by atoms with E-state index in [1.165, 1.54) is 4.90 Å². The number of hydrogen-bond acceptors (Lipinski definition) is 4. The highest BCUT2D eigenvalue weighted by Gasteiger charge is 2.29. The maximum Gasteiger partial charge on any atom is 0.318 e. The number of rotatable bonds is 2. The van der Waals surface area contributed by atoms with Crippen LogP contribution in [0, 0.1) is 6.92 Å². The third kappa shape index (κ3) is 3.07. The number of urea groups is 1. The number of carbonyl (C=O) groups excluding carboxylic acids is 1. The number of nitrogens with one attached hydrogen (secondary N) is 1. The highest BCUT2D eigenvalue weighted by molar-refractivity contribution is 5.75. The molecule has 1 aromatic heterocycles. The van der Waals surface area contributed by atoms with Gasteiger partial charge in [-0.3, -0.25) is 0 Å². The number of nitrogens with two attached hydrogens (primary N) is 1. The molecule has 0 bridgehead atoms. The summed E-state index contributed by atoms with van der Waals surface area (Å²) in [5, 5.41) is 2.19. The topological polar surface area (TPSA) is 84.1 Å². The van der Waals surface area contributed by atoms with E-state index in [1.807, 2.05) is 0 Å². The maximum atomic E-state index is 12.7. The molecule has 1 aliphatic heterocycles. The first-order chi connectivity index (χ1) is 8.76. The van der Waals surface area contributed by atoms with Crippen LogP contribution in [-0.2, 0) is 13.1 Å². The summed E-state index contributed by atoms with van der Waals surface area (Å²) >= 11 is 0. The molecule has 2 heterocycles. The van der Waals surface area contributed by atoms with Gasteiger partial charge in [-0.05, 0) is 6.92 Å². The molecule has 8 heteroatoms. The number of nitrogens with zero attached hydrogens (tertiary/aromatic N) is 3. The van der Waals surface area contributed by atoms with Crippen molar-refractivity contribution in [3.63, 3.8) is 0 Å². The number of alkyl halides is 2. The summed E-state index contributed by atoms with van der Waals surface area (Å²) < 4.78 is 25.4. The number of aromatic nitrogens is 2. The first-order valence-corrected chi connectivity index (χ1v) is 5.79. The van der Waals surface area contributed by atoms with Gasteiger partial charge in [0.2, 0.25) is 5.95 Å². The Kier molecular flexibility index (Phi) is 3.25. The van der Waals surface area contributed by atoms with Gasteiger partial charge in [0.05, 0.1) is 25.3 Å². The van der Waals surface area contributed by atoms with Crippen LogP contribution in [-0.4, -0.2) is 33.4 Å².